The molecule has 6 nitrogen and oxygen atoms in total. The van der Waals surface area contributed by atoms with Crippen LogP contribution in [0.25, 0.3) is 5.69 Å². The van der Waals surface area contributed by atoms with Crippen LogP contribution in [0.15, 0.2) is 66.1 Å². The summed E-state index contributed by atoms with van der Waals surface area (Å²) < 4.78 is 1.97. The molecular weight excluding hydrogens is 384 g/mol. The molecule has 3 rings (SSSR count). The molecule has 0 saturated heterocycles. The summed E-state index contributed by atoms with van der Waals surface area (Å²) in [6, 6.07) is 15.4. The average Bonchev–Trinajstić information content (AvgIpc) is 3.15. The van der Waals surface area contributed by atoms with E-state index >= 15 is 0 Å². The van der Waals surface area contributed by atoms with Gasteiger partial charge in [0.1, 0.15) is 0 Å². The van der Waals surface area contributed by atoms with E-state index in [-0.39, 0.29) is 17.6 Å². The van der Waals surface area contributed by atoms with Crippen LogP contribution in [-0.2, 0) is 9.59 Å². The topological polar surface area (TPSA) is 76.0 Å². The first kappa shape index (κ1) is 20.7. The first-order chi connectivity index (χ1) is 13.9. The molecule has 7 heteroatoms. The number of carbonyl (C=O) groups excluding carboxylic acids is 2. The summed E-state index contributed by atoms with van der Waals surface area (Å²) in [5, 5.41) is 6.30. The van der Waals surface area contributed by atoms with Crippen molar-refractivity contribution in [2.45, 2.75) is 31.8 Å². The molecule has 2 amide bonds. The van der Waals surface area contributed by atoms with Crippen LogP contribution in [0.3, 0.4) is 0 Å². The molecule has 1 heterocycles. The van der Waals surface area contributed by atoms with Crippen molar-refractivity contribution in [1.82, 2.24) is 9.55 Å². The van der Waals surface area contributed by atoms with Gasteiger partial charge in [0.05, 0.1) is 5.75 Å². The molecular formula is C22H24N4O2S. The summed E-state index contributed by atoms with van der Waals surface area (Å²) in [6.07, 6.45) is 3.62. The van der Waals surface area contributed by atoms with E-state index in [2.05, 4.69) is 53.7 Å². The quantitative estimate of drug-likeness (QED) is 0.556. The monoisotopic (exact) mass is 408 g/mol. The molecule has 29 heavy (non-hydrogen) atoms. The van der Waals surface area contributed by atoms with Crippen LogP contribution in [0.2, 0.25) is 0 Å². The molecule has 2 aromatic carbocycles. The van der Waals surface area contributed by atoms with Crippen LogP contribution in [0, 0.1) is 0 Å². The third-order valence-electron chi connectivity index (χ3n) is 4.24. The Morgan fingerprint density at radius 1 is 1.07 bits per heavy atom. The molecule has 3 aromatic rings. The maximum Gasteiger partial charge on any atom is 0.234 e. The number of rotatable bonds is 7. The van der Waals surface area contributed by atoms with Gasteiger partial charge < -0.3 is 10.6 Å². The fourth-order valence-electron chi connectivity index (χ4n) is 2.82. The summed E-state index contributed by atoms with van der Waals surface area (Å²) in [5.41, 5.74) is 3.57. The zero-order valence-corrected chi connectivity index (χ0v) is 17.5. The third kappa shape index (κ3) is 5.71. The summed E-state index contributed by atoms with van der Waals surface area (Å²) in [5.74, 6) is 0.413. The van der Waals surface area contributed by atoms with Gasteiger partial charge in [-0.1, -0.05) is 43.8 Å². The zero-order chi connectivity index (χ0) is 20.8. The van der Waals surface area contributed by atoms with Crippen molar-refractivity contribution in [3.63, 3.8) is 0 Å². The number of nitrogens with one attached hydrogen (secondary N) is 2. The molecule has 0 saturated carbocycles. The highest BCUT2D eigenvalue weighted by molar-refractivity contribution is 7.99. The Morgan fingerprint density at radius 3 is 2.41 bits per heavy atom. The van der Waals surface area contributed by atoms with Crippen molar-refractivity contribution in [2.24, 2.45) is 0 Å². The van der Waals surface area contributed by atoms with E-state index in [0.717, 1.165) is 10.8 Å². The van der Waals surface area contributed by atoms with Crippen LogP contribution >= 0.6 is 11.8 Å². The molecule has 0 aliphatic rings. The van der Waals surface area contributed by atoms with E-state index < -0.39 is 0 Å². The Hall–Kier alpha value is -3.06. The highest BCUT2D eigenvalue weighted by Gasteiger charge is 2.10. The molecule has 0 atom stereocenters. The number of nitrogens with zero attached hydrogens (tertiary/aromatic N) is 2. The van der Waals surface area contributed by atoms with E-state index in [1.54, 1.807) is 30.5 Å². The van der Waals surface area contributed by atoms with E-state index in [1.807, 2.05) is 10.8 Å². The molecule has 0 fully saturated rings. The van der Waals surface area contributed by atoms with Crippen LogP contribution in [0.1, 0.15) is 32.3 Å². The molecule has 150 valence electrons. The van der Waals surface area contributed by atoms with Gasteiger partial charge >= 0.3 is 0 Å². The molecule has 2 N–H and O–H groups in total. The number of carbonyl (C=O) groups is 2. The normalized spacial score (nSPS) is 10.8. The first-order valence-corrected chi connectivity index (χ1v) is 10.3. The predicted octanol–water partition coefficient (Wildman–Crippen LogP) is 4.68. The Morgan fingerprint density at radius 2 is 1.76 bits per heavy atom. The highest BCUT2D eigenvalue weighted by Crippen LogP contribution is 2.23. The largest absolute Gasteiger partial charge is 0.326 e. The van der Waals surface area contributed by atoms with Gasteiger partial charge in [0.25, 0.3) is 0 Å². The lowest BCUT2D eigenvalue weighted by Crippen LogP contribution is -2.15. The van der Waals surface area contributed by atoms with Gasteiger partial charge in [-0.3, -0.25) is 14.2 Å². The molecule has 0 aliphatic heterocycles. The van der Waals surface area contributed by atoms with Crippen LogP contribution in [0.4, 0.5) is 11.4 Å². The third-order valence-corrected chi connectivity index (χ3v) is 5.21. The molecule has 0 unspecified atom stereocenters. The Balaban J connectivity index is 1.61. The van der Waals surface area contributed by atoms with Crippen LogP contribution < -0.4 is 10.6 Å². The highest BCUT2D eigenvalue weighted by atomic mass is 32.2. The standard InChI is InChI=1S/C22H24N4O2S/c1-15(2)17-7-9-20(10-8-17)26-12-11-23-22(26)29-14-21(28)25-19-6-4-5-18(13-19)24-16(3)27/h4-13,15H,14H2,1-3H3,(H,24,27)(H,25,28). The number of hydrogen-bond acceptors (Lipinski definition) is 4. The fourth-order valence-corrected chi connectivity index (χ4v) is 3.59. The number of imidazole rings is 1. The van der Waals surface area contributed by atoms with E-state index in [9.17, 15) is 9.59 Å². The smallest absolute Gasteiger partial charge is 0.234 e. The number of amides is 2. The van der Waals surface area contributed by atoms with Crippen molar-refractivity contribution in [2.75, 3.05) is 16.4 Å². The molecule has 0 radical (unpaired) electrons. The lowest BCUT2D eigenvalue weighted by atomic mass is 10.0. The van der Waals surface area contributed by atoms with E-state index in [4.69, 9.17) is 0 Å². The molecule has 0 aliphatic carbocycles. The minimum absolute atomic E-state index is 0.139. The predicted molar refractivity (Wildman–Crippen MR) is 118 cm³/mol. The van der Waals surface area contributed by atoms with Gasteiger partial charge in [-0.25, -0.2) is 4.98 Å². The second-order valence-corrected chi connectivity index (χ2v) is 7.87. The van der Waals surface area contributed by atoms with Gasteiger partial charge in [0, 0.05) is 36.4 Å². The second-order valence-electron chi connectivity index (χ2n) is 6.92. The lowest BCUT2D eigenvalue weighted by Gasteiger charge is -2.10. The molecule has 1 aromatic heterocycles. The van der Waals surface area contributed by atoms with Gasteiger partial charge in [-0.05, 0) is 41.8 Å². The van der Waals surface area contributed by atoms with Gasteiger partial charge in [-0.2, -0.15) is 0 Å². The maximum absolute atomic E-state index is 12.4. The van der Waals surface area contributed by atoms with E-state index in [0.29, 0.717) is 17.3 Å². The SMILES string of the molecule is CC(=O)Nc1cccc(NC(=O)CSc2nccn2-c2ccc(C(C)C)cc2)c1. The van der Waals surface area contributed by atoms with E-state index in [1.165, 1.54) is 24.2 Å². The summed E-state index contributed by atoms with van der Waals surface area (Å²) in [6.45, 7) is 5.77. The van der Waals surface area contributed by atoms with Crippen molar-refractivity contribution in [3.8, 4) is 5.69 Å². The van der Waals surface area contributed by atoms with Crippen LogP contribution in [-0.4, -0.2) is 27.1 Å². The molecule has 0 spiro atoms. The lowest BCUT2D eigenvalue weighted by molar-refractivity contribution is -0.114. The minimum atomic E-state index is -0.155. The first-order valence-electron chi connectivity index (χ1n) is 9.36. The Labute approximate surface area is 174 Å². The Bertz CT molecular complexity index is 996. The molecule has 0 bridgehead atoms. The van der Waals surface area contributed by atoms with Crippen molar-refractivity contribution in [1.29, 1.82) is 0 Å². The van der Waals surface area contributed by atoms with Gasteiger partial charge in [-0.15, -0.1) is 0 Å². The summed E-state index contributed by atoms with van der Waals surface area (Å²) in [7, 11) is 0. The second kappa shape index (κ2) is 9.43. The fraction of sp³-hybridized carbons (Fsp3) is 0.227. The Kier molecular flexibility index (Phi) is 6.72. The number of thioether (sulfide) groups is 1. The van der Waals surface area contributed by atoms with Crippen molar-refractivity contribution in [3.05, 3.63) is 66.5 Å². The number of aromatic nitrogens is 2. The number of anilines is 2. The number of hydrogen-bond donors (Lipinski definition) is 2. The average molecular weight is 409 g/mol. The van der Waals surface area contributed by atoms with Gasteiger partial charge in [0.15, 0.2) is 5.16 Å². The van der Waals surface area contributed by atoms with Crippen molar-refractivity contribution >= 4 is 35.0 Å². The van der Waals surface area contributed by atoms with Gasteiger partial charge in [0.2, 0.25) is 11.8 Å². The maximum atomic E-state index is 12.4. The zero-order valence-electron chi connectivity index (χ0n) is 16.7. The van der Waals surface area contributed by atoms with Crippen LogP contribution in [0.5, 0.6) is 0 Å². The number of benzene rings is 2. The summed E-state index contributed by atoms with van der Waals surface area (Å²) >= 11 is 1.37. The summed E-state index contributed by atoms with van der Waals surface area (Å²) in [4.78, 5) is 27.9. The minimum Gasteiger partial charge on any atom is -0.326 e. The van der Waals surface area contributed by atoms with Crippen molar-refractivity contribution < 1.29 is 9.59 Å².